The maximum Gasteiger partial charge on any atom is 0.145 e. The zero-order valence-electron chi connectivity index (χ0n) is 9.15. The van der Waals surface area contributed by atoms with E-state index in [1.165, 1.54) is 6.20 Å². The number of nitrogens with one attached hydrogen (secondary N) is 1. The summed E-state index contributed by atoms with van der Waals surface area (Å²) in [6.45, 7) is 0. The molecular weight excluding hydrogens is 362 g/mol. The van der Waals surface area contributed by atoms with Crippen LogP contribution in [0.5, 0.6) is 11.5 Å². The summed E-state index contributed by atoms with van der Waals surface area (Å²) in [6.07, 6.45) is 1.53. The lowest BCUT2D eigenvalue weighted by atomic mass is 10.3. The first-order valence-electron chi connectivity index (χ1n) is 4.99. The topological polar surface area (TPSA) is 72.0 Å². The van der Waals surface area contributed by atoms with E-state index >= 15 is 0 Å². The van der Waals surface area contributed by atoms with Gasteiger partial charge in [0.1, 0.15) is 23.0 Å². The number of nitrogens with zero attached hydrogens (tertiary/aromatic N) is 1. The van der Waals surface area contributed by atoms with Gasteiger partial charge in [0.25, 0.3) is 0 Å². The molecule has 0 aliphatic rings. The molecule has 0 saturated heterocycles. The van der Waals surface area contributed by atoms with Gasteiger partial charge in [0, 0.05) is 4.47 Å². The highest BCUT2D eigenvalue weighted by atomic mass is 79.9. The molecular formula is C12H9Br2N3O. The van der Waals surface area contributed by atoms with Crippen molar-refractivity contribution in [2.24, 2.45) is 5.73 Å². The molecule has 2 aromatic rings. The lowest BCUT2D eigenvalue weighted by Crippen LogP contribution is -2.12. The van der Waals surface area contributed by atoms with Crippen molar-refractivity contribution in [1.82, 2.24) is 4.98 Å². The highest BCUT2D eigenvalue weighted by molar-refractivity contribution is 9.11. The number of aromatic nitrogens is 1. The Kier molecular flexibility index (Phi) is 3.98. The first-order chi connectivity index (χ1) is 8.56. The van der Waals surface area contributed by atoms with Crippen molar-refractivity contribution in [2.75, 3.05) is 0 Å². The van der Waals surface area contributed by atoms with E-state index in [1.807, 2.05) is 18.2 Å². The molecule has 0 amide bonds. The highest BCUT2D eigenvalue weighted by Gasteiger charge is 2.04. The van der Waals surface area contributed by atoms with Crippen LogP contribution in [0.15, 0.2) is 45.5 Å². The summed E-state index contributed by atoms with van der Waals surface area (Å²) in [5.74, 6) is 1.21. The summed E-state index contributed by atoms with van der Waals surface area (Å²) in [6, 6.07) is 8.99. The Morgan fingerprint density at radius 1 is 1.22 bits per heavy atom. The first kappa shape index (κ1) is 13.0. The number of pyridine rings is 1. The second-order valence-electron chi connectivity index (χ2n) is 3.47. The van der Waals surface area contributed by atoms with E-state index in [1.54, 1.807) is 12.1 Å². The number of hydrogen-bond donors (Lipinski definition) is 2. The number of halogens is 2. The molecule has 0 aliphatic carbocycles. The van der Waals surface area contributed by atoms with Crippen molar-refractivity contribution in [3.63, 3.8) is 0 Å². The molecule has 0 aliphatic heterocycles. The van der Waals surface area contributed by atoms with E-state index in [9.17, 15) is 0 Å². The fourth-order valence-corrected chi connectivity index (χ4v) is 2.41. The Balaban J connectivity index is 2.21. The van der Waals surface area contributed by atoms with Gasteiger partial charge in [-0.15, -0.1) is 0 Å². The standard InChI is InChI=1S/C12H9Br2N3O/c13-7-1-4-11(9(14)5-7)18-8-2-3-10(12(15)16)17-6-8/h1-6H,(H3,15,16). The summed E-state index contributed by atoms with van der Waals surface area (Å²) in [5.41, 5.74) is 5.75. The van der Waals surface area contributed by atoms with Gasteiger partial charge < -0.3 is 10.5 Å². The van der Waals surface area contributed by atoms with E-state index in [2.05, 4.69) is 36.8 Å². The molecule has 0 saturated carbocycles. The quantitative estimate of drug-likeness (QED) is 0.639. The van der Waals surface area contributed by atoms with Crippen LogP contribution >= 0.6 is 31.9 Å². The van der Waals surface area contributed by atoms with Crippen molar-refractivity contribution >= 4 is 37.7 Å². The lowest BCUT2D eigenvalue weighted by molar-refractivity contribution is 0.477. The molecule has 92 valence electrons. The Hall–Kier alpha value is -1.40. The zero-order valence-corrected chi connectivity index (χ0v) is 12.3. The average Bonchev–Trinajstić information content (AvgIpc) is 2.33. The molecule has 4 nitrogen and oxygen atoms in total. The van der Waals surface area contributed by atoms with E-state index in [0.29, 0.717) is 17.2 Å². The van der Waals surface area contributed by atoms with Crippen LogP contribution in [0.25, 0.3) is 0 Å². The first-order valence-corrected chi connectivity index (χ1v) is 6.58. The highest BCUT2D eigenvalue weighted by Crippen LogP contribution is 2.31. The van der Waals surface area contributed by atoms with Crippen molar-refractivity contribution < 1.29 is 4.74 Å². The molecule has 6 heteroatoms. The number of nitrogen functional groups attached to an aromatic ring is 1. The fourth-order valence-electron chi connectivity index (χ4n) is 1.28. The Morgan fingerprint density at radius 2 is 2.00 bits per heavy atom. The minimum absolute atomic E-state index is 0.0635. The molecule has 0 spiro atoms. The molecule has 0 radical (unpaired) electrons. The number of nitrogens with two attached hydrogens (primary N) is 1. The van der Waals surface area contributed by atoms with E-state index < -0.39 is 0 Å². The molecule has 2 rings (SSSR count). The van der Waals surface area contributed by atoms with Crippen LogP contribution in [0.1, 0.15) is 5.69 Å². The van der Waals surface area contributed by atoms with Crippen LogP contribution in [0.3, 0.4) is 0 Å². The number of rotatable bonds is 3. The van der Waals surface area contributed by atoms with Crippen molar-refractivity contribution in [2.45, 2.75) is 0 Å². The normalized spacial score (nSPS) is 10.1. The predicted octanol–water partition coefficient (Wildman–Crippen LogP) is 3.68. The van der Waals surface area contributed by atoms with Gasteiger partial charge in [0.2, 0.25) is 0 Å². The number of ether oxygens (including phenoxy) is 1. The molecule has 1 aromatic carbocycles. The van der Waals surface area contributed by atoms with Crippen molar-refractivity contribution in [3.05, 3.63) is 51.2 Å². The van der Waals surface area contributed by atoms with Gasteiger partial charge in [0.15, 0.2) is 0 Å². The van der Waals surface area contributed by atoms with Crippen LogP contribution in [0.2, 0.25) is 0 Å². The largest absolute Gasteiger partial charge is 0.455 e. The van der Waals surface area contributed by atoms with Crippen molar-refractivity contribution in [3.8, 4) is 11.5 Å². The van der Waals surface area contributed by atoms with Gasteiger partial charge in [-0.3, -0.25) is 5.41 Å². The van der Waals surface area contributed by atoms with Crippen LogP contribution in [0.4, 0.5) is 0 Å². The molecule has 0 atom stereocenters. The smallest absolute Gasteiger partial charge is 0.145 e. The fraction of sp³-hybridized carbons (Fsp3) is 0. The molecule has 1 heterocycles. The van der Waals surface area contributed by atoms with Gasteiger partial charge in [0.05, 0.1) is 10.7 Å². The lowest BCUT2D eigenvalue weighted by Gasteiger charge is -2.08. The van der Waals surface area contributed by atoms with Gasteiger partial charge in [-0.2, -0.15) is 0 Å². The maximum absolute atomic E-state index is 7.25. The van der Waals surface area contributed by atoms with Crippen LogP contribution in [-0.4, -0.2) is 10.8 Å². The SMILES string of the molecule is N=C(N)c1ccc(Oc2ccc(Br)cc2Br)cn1. The van der Waals surface area contributed by atoms with E-state index in [0.717, 1.165) is 8.95 Å². The molecule has 0 unspecified atom stereocenters. The minimum atomic E-state index is -0.0635. The monoisotopic (exact) mass is 369 g/mol. The van der Waals surface area contributed by atoms with Gasteiger partial charge in [-0.05, 0) is 46.3 Å². The predicted molar refractivity (Wildman–Crippen MR) is 77.2 cm³/mol. The molecule has 0 bridgehead atoms. The van der Waals surface area contributed by atoms with Crippen LogP contribution in [-0.2, 0) is 0 Å². The summed E-state index contributed by atoms with van der Waals surface area (Å²) in [4.78, 5) is 4.02. The third kappa shape index (κ3) is 3.08. The van der Waals surface area contributed by atoms with Gasteiger partial charge >= 0.3 is 0 Å². The molecule has 0 fully saturated rings. The molecule has 3 N–H and O–H groups in total. The zero-order chi connectivity index (χ0) is 13.1. The molecule has 18 heavy (non-hydrogen) atoms. The number of hydrogen-bond acceptors (Lipinski definition) is 3. The summed E-state index contributed by atoms with van der Waals surface area (Å²) < 4.78 is 7.46. The Morgan fingerprint density at radius 3 is 2.56 bits per heavy atom. The van der Waals surface area contributed by atoms with Gasteiger partial charge in [-0.25, -0.2) is 4.98 Å². The number of benzene rings is 1. The van der Waals surface area contributed by atoms with Gasteiger partial charge in [-0.1, -0.05) is 15.9 Å². The number of amidine groups is 1. The second kappa shape index (κ2) is 5.49. The molecule has 1 aromatic heterocycles. The Bertz CT molecular complexity index is 584. The summed E-state index contributed by atoms with van der Waals surface area (Å²) in [7, 11) is 0. The van der Waals surface area contributed by atoms with E-state index in [4.69, 9.17) is 15.9 Å². The third-order valence-electron chi connectivity index (χ3n) is 2.13. The summed E-state index contributed by atoms with van der Waals surface area (Å²) in [5, 5.41) is 7.25. The van der Waals surface area contributed by atoms with Crippen molar-refractivity contribution in [1.29, 1.82) is 5.41 Å². The minimum Gasteiger partial charge on any atom is -0.455 e. The second-order valence-corrected chi connectivity index (χ2v) is 5.24. The third-order valence-corrected chi connectivity index (χ3v) is 3.25. The Labute approximate surface area is 121 Å². The van der Waals surface area contributed by atoms with Crippen LogP contribution in [0, 0.1) is 5.41 Å². The van der Waals surface area contributed by atoms with Crippen LogP contribution < -0.4 is 10.5 Å². The average molecular weight is 371 g/mol. The van der Waals surface area contributed by atoms with E-state index in [-0.39, 0.29) is 5.84 Å². The summed E-state index contributed by atoms with van der Waals surface area (Å²) >= 11 is 6.78. The maximum atomic E-state index is 7.25.